The number of nitrogens with zero attached hydrogens (tertiary/aromatic N) is 1. The Bertz CT molecular complexity index is 736. The summed E-state index contributed by atoms with van der Waals surface area (Å²) in [6, 6.07) is 5.83. The van der Waals surface area contributed by atoms with Crippen LogP contribution in [0.15, 0.2) is 24.3 Å². The first-order chi connectivity index (χ1) is 12.8. The van der Waals surface area contributed by atoms with E-state index in [2.05, 4.69) is 5.32 Å². The number of hydrogen-bond donors (Lipinski definition) is 3. The molecule has 1 aliphatic heterocycles. The summed E-state index contributed by atoms with van der Waals surface area (Å²) in [7, 11) is 0. The standard InChI is InChI=1S/C18H23N3O6/c1-2-13-17(24)21(12-5-3-4-6-14(12)27-13)10-9-16(23)20-11(18(25)26)7-8-15(19)22/h3-6,11,13H,2,7-10H2,1H3,(H2,19,22)(H,20,23)(H,25,26). The van der Waals surface area contributed by atoms with E-state index in [-0.39, 0.29) is 31.7 Å². The quantitative estimate of drug-likeness (QED) is 0.570. The Morgan fingerprint density at radius 3 is 2.63 bits per heavy atom. The van der Waals surface area contributed by atoms with Crippen LogP contribution < -0.4 is 20.7 Å². The fourth-order valence-electron chi connectivity index (χ4n) is 2.79. The third-order valence-electron chi connectivity index (χ3n) is 4.21. The molecule has 1 aliphatic rings. The number of para-hydroxylation sites is 2. The molecule has 146 valence electrons. The highest BCUT2D eigenvalue weighted by atomic mass is 16.5. The van der Waals surface area contributed by atoms with Crippen LogP contribution in [0.5, 0.6) is 5.75 Å². The minimum atomic E-state index is -1.25. The molecule has 0 aliphatic carbocycles. The Hall–Kier alpha value is -3.10. The van der Waals surface area contributed by atoms with Crippen molar-refractivity contribution in [2.24, 2.45) is 5.73 Å². The predicted molar refractivity (Wildman–Crippen MR) is 96.1 cm³/mol. The van der Waals surface area contributed by atoms with Crippen LogP contribution in [0, 0.1) is 0 Å². The zero-order chi connectivity index (χ0) is 20.0. The summed E-state index contributed by atoms with van der Waals surface area (Å²) in [5.41, 5.74) is 5.59. The molecule has 0 saturated carbocycles. The zero-order valence-electron chi connectivity index (χ0n) is 15.0. The van der Waals surface area contributed by atoms with E-state index in [0.29, 0.717) is 17.9 Å². The highest BCUT2D eigenvalue weighted by Gasteiger charge is 2.33. The largest absolute Gasteiger partial charge is 0.480 e. The maximum Gasteiger partial charge on any atom is 0.326 e. The van der Waals surface area contributed by atoms with Gasteiger partial charge in [-0.1, -0.05) is 19.1 Å². The molecule has 2 unspecified atom stereocenters. The van der Waals surface area contributed by atoms with Crippen molar-refractivity contribution in [2.75, 3.05) is 11.4 Å². The number of carboxylic acid groups (broad SMARTS) is 1. The molecule has 2 atom stereocenters. The maximum absolute atomic E-state index is 12.6. The number of anilines is 1. The monoisotopic (exact) mass is 377 g/mol. The first-order valence-corrected chi connectivity index (χ1v) is 8.71. The van der Waals surface area contributed by atoms with Crippen molar-refractivity contribution in [3.63, 3.8) is 0 Å². The molecule has 0 bridgehead atoms. The van der Waals surface area contributed by atoms with E-state index in [1.165, 1.54) is 4.90 Å². The maximum atomic E-state index is 12.6. The Morgan fingerprint density at radius 2 is 2.00 bits per heavy atom. The van der Waals surface area contributed by atoms with Gasteiger partial charge < -0.3 is 25.8 Å². The van der Waals surface area contributed by atoms with Crippen molar-refractivity contribution in [3.8, 4) is 5.75 Å². The van der Waals surface area contributed by atoms with E-state index in [4.69, 9.17) is 15.6 Å². The molecule has 0 saturated heterocycles. The van der Waals surface area contributed by atoms with Crippen LogP contribution in [0.3, 0.4) is 0 Å². The van der Waals surface area contributed by atoms with Crippen LogP contribution in [0.1, 0.15) is 32.6 Å². The molecule has 0 spiro atoms. The molecule has 4 N–H and O–H groups in total. The molecule has 1 aromatic carbocycles. The number of nitrogens with one attached hydrogen (secondary N) is 1. The number of benzene rings is 1. The number of carbonyl (C=O) groups is 4. The van der Waals surface area contributed by atoms with Gasteiger partial charge in [0.25, 0.3) is 5.91 Å². The molecular formula is C18H23N3O6. The van der Waals surface area contributed by atoms with Gasteiger partial charge in [-0.2, -0.15) is 0 Å². The first kappa shape index (κ1) is 20.2. The van der Waals surface area contributed by atoms with E-state index in [9.17, 15) is 19.2 Å². The van der Waals surface area contributed by atoms with Crippen LogP contribution in [-0.2, 0) is 19.2 Å². The average molecular weight is 377 g/mol. The van der Waals surface area contributed by atoms with Crippen molar-refractivity contribution in [2.45, 2.75) is 44.8 Å². The van der Waals surface area contributed by atoms with Crippen LogP contribution in [0.4, 0.5) is 5.69 Å². The minimum Gasteiger partial charge on any atom is -0.480 e. The van der Waals surface area contributed by atoms with Crippen molar-refractivity contribution in [1.29, 1.82) is 0 Å². The number of fused-ring (bicyclic) bond motifs is 1. The topological polar surface area (TPSA) is 139 Å². The lowest BCUT2D eigenvalue weighted by Gasteiger charge is -2.34. The zero-order valence-corrected chi connectivity index (χ0v) is 15.0. The van der Waals surface area contributed by atoms with Gasteiger partial charge in [0.05, 0.1) is 5.69 Å². The van der Waals surface area contributed by atoms with Gasteiger partial charge in [-0.05, 0) is 25.0 Å². The van der Waals surface area contributed by atoms with Crippen LogP contribution in [-0.4, -0.2) is 47.5 Å². The summed E-state index contributed by atoms with van der Waals surface area (Å²) in [5.74, 6) is -2.10. The molecule has 0 aromatic heterocycles. The average Bonchev–Trinajstić information content (AvgIpc) is 2.63. The Balaban J connectivity index is 2.01. The number of nitrogens with two attached hydrogens (primary N) is 1. The van der Waals surface area contributed by atoms with Gasteiger partial charge in [-0.3, -0.25) is 14.4 Å². The van der Waals surface area contributed by atoms with Crippen LogP contribution >= 0.6 is 0 Å². The van der Waals surface area contributed by atoms with Gasteiger partial charge in [0, 0.05) is 19.4 Å². The Labute approximate surface area is 156 Å². The van der Waals surface area contributed by atoms with Crippen molar-refractivity contribution >= 4 is 29.4 Å². The molecule has 0 fully saturated rings. The number of carbonyl (C=O) groups excluding carboxylic acids is 3. The molecule has 27 heavy (non-hydrogen) atoms. The number of rotatable bonds is 9. The first-order valence-electron chi connectivity index (χ1n) is 8.71. The fraction of sp³-hybridized carbons (Fsp3) is 0.444. The van der Waals surface area contributed by atoms with E-state index in [1.54, 1.807) is 24.3 Å². The molecule has 1 heterocycles. The second-order valence-corrected chi connectivity index (χ2v) is 6.19. The van der Waals surface area contributed by atoms with Crippen LogP contribution in [0.25, 0.3) is 0 Å². The second kappa shape index (κ2) is 9.02. The Kier molecular flexibility index (Phi) is 6.75. The summed E-state index contributed by atoms with van der Waals surface area (Å²) < 4.78 is 5.67. The van der Waals surface area contributed by atoms with E-state index in [1.807, 2.05) is 6.92 Å². The molecule has 9 nitrogen and oxygen atoms in total. The van der Waals surface area contributed by atoms with Gasteiger partial charge in [0.15, 0.2) is 6.10 Å². The summed E-state index contributed by atoms with van der Waals surface area (Å²) in [4.78, 5) is 48.2. The lowest BCUT2D eigenvalue weighted by Crippen LogP contribution is -2.48. The summed E-state index contributed by atoms with van der Waals surface area (Å²) >= 11 is 0. The second-order valence-electron chi connectivity index (χ2n) is 6.19. The highest BCUT2D eigenvalue weighted by molar-refractivity contribution is 6.00. The Morgan fingerprint density at radius 1 is 1.30 bits per heavy atom. The lowest BCUT2D eigenvalue weighted by molar-refractivity contribution is -0.142. The van der Waals surface area contributed by atoms with Crippen molar-refractivity contribution in [1.82, 2.24) is 5.32 Å². The lowest BCUT2D eigenvalue weighted by atomic mass is 10.1. The molecule has 3 amide bonds. The van der Waals surface area contributed by atoms with Crippen molar-refractivity contribution < 1.29 is 29.0 Å². The number of hydrogen-bond acceptors (Lipinski definition) is 5. The summed E-state index contributed by atoms with van der Waals surface area (Å²) in [6.07, 6.45) is -0.454. The van der Waals surface area contributed by atoms with E-state index in [0.717, 1.165) is 0 Å². The van der Waals surface area contributed by atoms with Crippen LogP contribution in [0.2, 0.25) is 0 Å². The van der Waals surface area contributed by atoms with Gasteiger partial charge in [0.2, 0.25) is 11.8 Å². The van der Waals surface area contributed by atoms with E-state index < -0.39 is 29.9 Å². The number of carboxylic acids is 1. The number of amides is 3. The molecule has 2 rings (SSSR count). The highest BCUT2D eigenvalue weighted by Crippen LogP contribution is 2.34. The SMILES string of the molecule is CCC1Oc2ccccc2N(CCC(=O)NC(CCC(N)=O)C(=O)O)C1=O. The molecule has 0 radical (unpaired) electrons. The third-order valence-corrected chi connectivity index (χ3v) is 4.21. The van der Waals surface area contributed by atoms with Crippen molar-refractivity contribution in [3.05, 3.63) is 24.3 Å². The normalized spacial score (nSPS) is 16.9. The van der Waals surface area contributed by atoms with Gasteiger partial charge in [-0.15, -0.1) is 0 Å². The number of primary amides is 1. The van der Waals surface area contributed by atoms with Gasteiger partial charge in [-0.25, -0.2) is 4.79 Å². The fourth-order valence-corrected chi connectivity index (χ4v) is 2.79. The summed E-state index contributed by atoms with van der Waals surface area (Å²) in [6.45, 7) is 1.92. The predicted octanol–water partition coefficient (Wildman–Crippen LogP) is 0.416. The van der Waals surface area contributed by atoms with E-state index >= 15 is 0 Å². The molecular weight excluding hydrogens is 354 g/mol. The smallest absolute Gasteiger partial charge is 0.326 e. The summed E-state index contributed by atoms with van der Waals surface area (Å²) in [5, 5.41) is 11.5. The van der Waals surface area contributed by atoms with Gasteiger partial charge in [0.1, 0.15) is 11.8 Å². The number of aliphatic carboxylic acids is 1. The third kappa shape index (κ3) is 5.19. The molecule has 1 aromatic rings. The number of ether oxygens (including phenoxy) is 1. The van der Waals surface area contributed by atoms with Gasteiger partial charge >= 0.3 is 5.97 Å². The molecule has 9 heteroatoms. The minimum absolute atomic E-state index is 0.0864.